The van der Waals surface area contributed by atoms with E-state index in [-0.39, 0.29) is 24.2 Å². The third-order valence-corrected chi connectivity index (χ3v) is 4.35. The zero-order valence-electron chi connectivity index (χ0n) is 13.8. The van der Waals surface area contributed by atoms with E-state index >= 15 is 0 Å². The molecule has 130 valence electrons. The molecule has 0 atom stereocenters. The van der Waals surface area contributed by atoms with Gasteiger partial charge in [0.05, 0.1) is 7.11 Å². The molecule has 0 aromatic heterocycles. The van der Waals surface area contributed by atoms with Crippen molar-refractivity contribution in [2.75, 3.05) is 12.4 Å². The van der Waals surface area contributed by atoms with Gasteiger partial charge in [-0.1, -0.05) is 18.2 Å². The molecule has 2 aromatic rings. The van der Waals surface area contributed by atoms with Gasteiger partial charge in [0, 0.05) is 17.8 Å². The van der Waals surface area contributed by atoms with E-state index in [9.17, 15) is 14.0 Å². The smallest absolute Gasteiger partial charge is 0.240 e. The number of rotatable bonds is 6. The number of para-hydroxylation sites is 1. The van der Waals surface area contributed by atoms with E-state index in [0.29, 0.717) is 24.3 Å². The van der Waals surface area contributed by atoms with Gasteiger partial charge in [0.15, 0.2) is 0 Å². The Morgan fingerprint density at radius 3 is 2.40 bits per heavy atom. The van der Waals surface area contributed by atoms with Crippen molar-refractivity contribution in [3.63, 3.8) is 0 Å². The van der Waals surface area contributed by atoms with Crippen molar-refractivity contribution in [2.24, 2.45) is 5.41 Å². The Morgan fingerprint density at radius 1 is 1.08 bits per heavy atom. The second-order valence-electron chi connectivity index (χ2n) is 6.04. The van der Waals surface area contributed by atoms with Crippen LogP contribution in [0, 0.1) is 11.2 Å². The van der Waals surface area contributed by atoms with E-state index < -0.39 is 5.41 Å². The molecule has 1 aliphatic rings. The van der Waals surface area contributed by atoms with E-state index in [0.717, 1.165) is 5.56 Å². The van der Waals surface area contributed by atoms with Crippen LogP contribution in [0.25, 0.3) is 0 Å². The Hall–Kier alpha value is -2.89. The molecule has 1 aliphatic carbocycles. The zero-order valence-corrected chi connectivity index (χ0v) is 13.8. The maximum absolute atomic E-state index is 12.9. The number of halogens is 1. The molecule has 25 heavy (non-hydrogen) atoms. The van der Waals surface area contributed by atoms with Gasteiger partial charge in [-0.3, -0.25) is 9.59 Å². The van der Waals surface area contributed by atoms with Crippen LogP contribution in [0.4, 0.5) is 10.1 Å². The molecule has 2 amide bonds. The molecular formula is C19H19FN2O3. The highest BCUT2D eigenvalue weighted by atomic mass is 19.1. The number of ether oxygens (including phenoxy) is 1. The summed E-state index contributed by atoms with van der Waals surface area (Å²) in [6.45, 7) is 0.286. The largest absolute Gasteiger partial charge is 0.496 e. The molecule has 0 spiro atoms. The fourth-order valence-corrected chi connectivity index (χ4v) is 2.66. The summed E-state index contributed by atoms with van der Waals surface area (Å²) >= 11 is 0. The summed E-state index contributed by atoms with van der Waals surface area (Å²) < 4.78 is 18.2. The van der Waals surface area contributed by atoms with Gasteiger partial charge in [0.2, 0.25) is 11.8 Å². The summed E-state index contributed by atoms with van der Waals surface area (Å²) in [7, 11) is 1.57. The number of carbonyl (C=O) groups excluding carboxylic acids is 2. The second kappa shape index (κ2) is 6.93. The lowest BCUT2D eigenvalue weighted by Gasteiger charge is -2.16. The summed E-state index contributed by atoms with van der Waals surface area (Å²) in [6.07, 6.45) is 0.996. The molecule has 0 aliphatic heterocycles. The van der Waals surface area contributed by atoms with Crippen molar-refractivity contribution in [1.29, 1.82) is 0 Å². The first kappa shape index (κ1) is 17.0. The molecular weight excluding hydrogens is 323 g/mol. The van der Waals surface area contributed by atoms with Gasteiger partial charge in [-0.2, -0.15) is 0 Å². The highest BCUT2D eigenvalue weighted by Crippen LogP contribution is 2.47. The summed E-state index contributed by atoms with van der Waals surface area (Å²) in [6, 6.07) is 12.8. The van der Waals surface area contributed by atoms with E-state index in [1.54, 1.807) is 7.11 Å². The minimum atomic E-state index is -1.05. The number of benzene rings is 2. The van der Waals surface area contributed by atoms with Crippen LogP contribution in [0.2, 0.25) is 0 Å². The monoisotopic (exact) mass is 342 g/mol. The van der Waals surface area contributed by atoms with Crippen LogP contribution >= 0.6 is 0 Å². The summed E-state index contributed by atoms with van der Waals surface area (Å²) in [5.41, 5.74) is 0.263. The van der Waals surface area contributed by atoms with Gasteiger partial charge in [0.1, 0.15) is 17.0 Å². The first-order valence-corrected chi connectivity index (χ1v) is 8.02. The van der Waals surface area contributed by atoms with Crippen molar-refractivity contribution < 1.29 is 18.7 Å². The van der Waals surface area contributed by atoms with Crippen molar-refractivity contribution in [3.05, 3.63) is 59.9 Å². The molecule has 0 heterocycles. The molecule has 0 unspecified atom stereocenters. The summed E-state index contributed by atoms with van der Waals surface area (Å²) in [5.74, 6) is -0.369. The first-order valence-electron chi connectivity index (χ1n) is 8.02. The minimum Gasteiger partial charge on any atom is -0.496 e. The predicted octanol–water partition coefficient (Wildman–Crippen LogP) is 2.87. The third-order valence-electron chi connectivity index (χ3n) is 4.35. The average molecular weight is 342 g/mol. The number of anilines is 1. The lowest BCUT2D eigenvalue weighted by Crippen LogP contribution is -2.39. The Morgan fingerprint density at radius 2 is 1.76 bits per heavy atom. The molecule has 0 bridgehead atoms. The number of nitrogens with one attached hydrogen (secondary N) is 2. The molecule has 2 aromatic carbocycles. The van der Waals surface area contributed by atoms with Crippen molar-refractivity contribution in [2.45, 2.75) is 19.4 Å². The molecule has 0 saturated heterocycles. The number of methoxy groups -OCH3 is 1. The Labute approximate surface area is 145 Å². The molecule has 3 rings (SSSR count). The van der Waals surface area contributed by atoms with Crippen LogP contribution in [-0.2, 0) is 16.1 Å². The van der Waals surface area contributed by atoms with Crippen LogP contribution in [-0.4, -0.2) is 18.9 Å². The fraction of sp³-hybridized carbons (Fsp3) is 0.263. The maximum atomic E-state index is 12.9. The topological polar surface area (TPSA) is 67.4 Å². The van der Waals surface area contributed by atoms with Crippen LogP contribution in [0.3, 0.4) is 0 Å². The highest BCUT2D eigenvalue weighted by molar-refractivity contribution is 6.13. The fourth-order valence-electron chi connectivity index (χ4n) is 2.66. The van der Waals surface area contributed by atoms with Gasteiger partial charge >= 0.3 is 0 Å². The quantitative estimate of drug-likeness (QED) is 0.793. The normalized spacial score (nSPS) is 14.5. The molecule has 1 saturated carbocycles. The van der Waals surface area contributed by atoms with Gasteiger partial charge in [-0.25, -0.2) is 4.39 Å². The van der Waals surface area contributed by atoms with Crippen molar-refractivity contribution in [3.8, 4) is 5.75 Å². The van der Waals surface area contributed by atoms with Gasteiger partial charge in [-0.05, 0) is 43.2 Å². The lowest BCUT2D eigenvalue weighted by molar-refractivity contribution is -0.134. The summed E-state index contributed by atoms with van der Waals surface area (Å²) in [4.78, 5) is 25.0. The highest BCUT2D eigenvalue weighted by Gasteiger charge is 2.56. The van der Waals surface area contributed by atoms with E-state index in [2.05, 4.69) is 10.6 Å². The lowest BCUT2D eigenvalue weighted by atomic mass is 10.0. The number of amides is 2. The van der Waals surface area contributed by atoms with E-state index in [1.165, 1.54) is 24.3 Å². The van der Waals surface area contributed by atoms with Crippen LogP contribution in [0.15, 0.2) is 48.5 Å². The van der Waals surface area contributed by atoms with Crippen molar-refractivity contribution >= 4 is 17.5 Å². The van der Waals surface area contributed by atoms with Crippen LogP contribution in [0.5, 0.6) is 5.75 Å². The molecule has 0 radical (unpaired) electrons. The van der Waals surface area contributed by atoms with E-state index in [1.807, 2.05) is 24.3 Å². The maximum Gasteiger partial charge on any atom is 0.240 e. The van der Waals surface area contributed by atoms with Crippen LogP contribution < -0.4 is 15.4 Å². The van der Waals surface area contributed by atoms with Gasteiger partial charge in [0.25, 0.3) is 0 Å². The SMILES string of the molecule is COc1ccccc1CNC(=O)C1(C(=O)Nc2ccc(F)cc2)CC1. The Balaban J connectivity index is 1.62. The molecule has 1 fully saturated rings. The third kappa shape index (κ3) is 3.63. The van der Waals surface area contributed by atoms with Gasteiger partial charge < -0.3 is 15.4 Å². The Bertz CT molecular complexity index is 786. The number of hydrogen-bond acceptors (Lipinski definition) is 3. The first-order chi connectivity index (χ1) is 12.0. The Kier molecular flexibility index (Phi) is 4.70. The van der Waals surface area contributed by atoms with E-state index in [4.69, 9.17) is 4.74 Å². The number of hydrogen-bond donors (Lipinski definition) is 2. The van der Waals surface area contributed by atoms with Crippen molar-refractivity contribution in [1.82, 2.24) is 5.32 Å². The number of carbonyl (C=O) groups is 2. The minimum absolute atomic E-state index is 0.286. The zero-order chi connectivity index (χ0) is 17.9. The second-order valence-corrected chi connectivity index (χ2v) is 6.04. The molecule has 6 heteroatoms. The average Bonchev–Trinajstić information content (AvgIpc) is 3.44. The van der Waals surface area contributed by atoms with Crippen LogP contribution in [0.1, 0.15) is 18.4 Å². The van der Waals surface area contributed by atoms with Gasteiger partial charge in [-0.15, -0.1) is 0 Å². The molecule has 5 nitrogen and oxygen atoms in total. The summed E-state index contributed by atoms with van der Waals surface area (Å²) in [5, 5.41) is 5.49. The predicted molar refractivity (Wildman–Crippen MR) is 91.5 cm³/mol. The standard InChI is InChI=1S/C19H19FN2O3/c1-25-16-5-3-2-4-13(16)12-21-17(23)19(10-11-19)18(24)22-15-8-6-14(20)7-9-15/h2-9H,10-12H2,1H3,(H,21,23)(H,22,24). The molecule has 2 N–H and O–H groups in total.